The summed E-state index contributed by atoms with van der Waals surface area (Å²) in [4.78, 5) is 4.00. The maximum Gasteiger partial charge on any atom is 0.123 e. The van der Waals surface area contributed by atoms with E-state index in [1.807, 2.05) is 12.1 Å². The molecule has 0 aliphatic rings. The lowest BCUT2D eigenvalue weighted by Crippen LogP contribution is -2.38. The van der Waals surface area contributed by atoms with Crippen LogP contribution in [0.25, 0.3) is 0 Å². The Morgan fingerprint density at radius 2 is 1.75 bits per heavy atom. The van der Waals surface area contributed by atoms with Gasteiger partial charge < -0.3 is 5.73 Å². The van der Waals surface area contributed by atoms with Gasteiger partial charge in [0.2, 0.25) is 0 Å². The Labute approximate surface area is 120 Å². The summed E-state index contributed by atoms with van der Waals surface area (Å²) < 4.78 is 0. The van der Waals surface area contributed by atoms with Gasteiger partial charge >= 0.3 is 0 Å². The van der Waals surface area contributed by atoms with E-state index in [2.05, 4.69) is 42.5 Å². The molecule has 1 aromatic carbocycles. The fourth-order valence-corrected chi connectivity index (χ4v) is 2.31. The lowest BCUT2D eigenvalue weighted by atomic mass is 9.97. The molecule has 1 aromatic heterocycles. The highest BCUT2D eigenvalue weighted by Gasteiger charge is 2.10. The van der Waals surface area contributed by atoms with Crippen LogP contribution in [0.5, 0.6) is 0 Å². The molecule has 0 bridgehead atoms. The highest BCUT2D eigenvalue weighted by Crippen LogP contribution is 2.14. The predicted octanol–water partition coefficient (Wildman–Crippen LogP) is 1.90. The molecule has 106 valence electrons. The van der Waals surface area contributed by atoms with E-state index in [1.54, 1.807) is 6.20 Å². The highest BCUT2D eigenvalue weighted by atomic mass is 15.2. The van der Waals surface area contributed by atoms with Gasteiger partial charge in [-0.05, 0) is 61.1 Å². The van der Waals surface area contributed by atoms with Crippen LogP contribution in [0.15, 0.2) is 36.5 Å². The number of hydrazine groups is 1. The molecule has 0 spiro atoms. The van der Waals surface area contributed by atoms with Crippen LogP contribution in [0.2, 0.25) is 0 Å². The smallest absolute Gasteiger partial charge is 0.123 e. The number of benzene rings is 1. The maximum absolute atomic E-state index is 5.70. The van der Waals surface area contributed by atoms with Gasteiger partial charge in [0, 0.05) is 12.2 Å². The number of nitrogens with one attached hydrogen (secondary N) is 1. The molecule has 5 N–H and O–H groups in total. The summed E-state index contributed by atoms with van der Waals surface area (Å²) in [6.07, 6.45) is 3.45. The number of nitrogens with zero attached hydrogens (tertiary/aromatic N) is 1. The average molecular weight is 270 g/mol. The number of aryl methyl sites for hydroxylation is 2. The summed E-state index contributed by atoms with van der Waals surface area (Å²) in [5.74, 6) is 6.22. The van der Waals surface area contributed by atoms with Crippen molar-refractivity contribution < 1.29 is 0 Å². The Kier molecular flexibility index (Phi) is 4.71. The van der Waals surface area contributed by atoms with Crippen molar-refractivity contribution in [3.8, 4) is 0 Å². The van der Waals surface area contributed by atoms with Crippen molar-refractivity contribution in [2.45, 2.75) is 32.7 Å². The van der Waals surface area contributed by atoms with Gasteiger partial charge in [-0.25, -0.2) is 4.98 Å². The van der Waals surface area contributed by atoms with E-state index in [1.165, 1.54) is 16.7 Å². The van der Waals surface area contributed by atoms with Crippen LogP contribution in [-0.4, -0.2) is 11.0 Å². The van der Waals surface area contributed by atoms with Gasteiger partial charge in [0.05, 0.1) is 0 Å². The molecule has 1 unspecified atom stereocenters. The van der Waals surface area contributed by atoms with Crippen molar-refractivity contribution in [2.24, 2.45) is 5.84 Å². The summed E-state index contributed by atoms with van der Waals surface area (Å²) in [5, 5.41) is 0. The van der Waals surface area contributed by atoms with Gasteiger partial charge in [0.1, 0.15) is 5.82 Å². The predicted molar refractivity (Wildman–Crippen MR) is 83.1 cm³/mol. The van der Waals surface area contributed by atoms with Gasteiger partial charge in [0.15, 0.2) is 0 Å². The molecule has 2 rings (SSSR count). The Morgan fingerprint density at radius 3 is 2.35 bits per heavy atom. The zero-order valence-corrected chi connectivity index (χ0v) is 12.1. The molecule has 2 aromatic rings. The van der Waals surface area contributed by atoms with Crippen LogP contribution in [-0.2, 0) is 12.8 Å². The molecule has 0 aliphatic carbocycles. The Balaban J connectivity index is 2.07. The Morgan fingerprint density at radius 1 is 1.05 bits per heavy atom. The lowest BCUT2D eigenvalue weighted by Gasteiger charge is -2.17. The quantitative estimate of drug-likeness (QED) is 0.573. The number of pyridine rings is 1. The molecular formula is C16H22N4. The molecule has 0 radical (unpaired) electrons. The van der Waals surface area contributed by atoms with Crippen molar-refractivity contribution in [2.75, 3.05) is 5.73 Å². The van der Waals surface area contributed by atoms with Gasteiger partial charge in [-0.1, -0.05) is 18.2 Å². The third kappa shape index (κ3) is 3.79. The van der Waals surface area contributed by atoms with E-state index < -0.39 is 0 Å². The van der Waals surface area contributed by atoms with Crippen molar-refractivity contribution in [3.63, 3.8) is 0 Å². The first kappa shape index (κ1) is 14.5. The maximum atomic E-state index is 5.70. The minimum Gasteiger partial charge on any atom is -0.384 e. The second kappa shape index (κ2) is 6.50. The number of anilines is 1. The van der Waals surface area contributed by atoms with Gasteiger partial charge in [-0.3, -0.25) is 11.3 Å². The zero-order chi connectivity index (χ0) is 14.5. The fourth-order valence-electron chi connectivity index (χ4n) is 2.31. The van der Waals surface area contributed by atoms with Crippen LogP contribution >= 0.6 is 0 Å². The van der Waals surface area contributed by atoms with E-state index in [0.717, 1.165) is 18.4 Å². The second-order valence-corrected chi connectivity index (χ2v) is 5.28. The number of rotatable bonds is 5. The summed E-state index contributed by atoms with van der Waals surface area (Å²) in [6, 6.07) is 10.6. The molecule has 1 heterocycles. The minimum absolute atomic E-state index is 0.180. The van der Waals surface area contributed by atoms with Crippen molar-refractivity contribution in [3.05, 3.63) is 58.8 Å². The topological polar surface area (TPSA) is 77.0 Å². The molecular weight excluding hydrogens is 248 g/mol. The third-order valence-electron chi connectivity index (χ3n) is 3.62. The van der Waals surface area contributed by atoms with E-state index in [0.29, 0.717) is 5.82 Å². The van der Waals surface area contributed by atoms with Gasteiger partial charge in [-0.15, -0.1) is 0 Å². The SMILES string of the molecule is Cc1ccc(CC(Cc2ccnc(N)c2)NN)cc1C. The first-order valence-electron chi connectivity index (χ1n) is 6.81. The largest absolute Gasteiger partial charge is 0.384 e. The number of nitrogen functional groups attached to an aromatic ring is 1. The number of hydrogen-bond acceptors (Lipinski definition) is 4. The Hall–Kier alpha value is -1.91. The molecule has 1 atom stereocenters. The van der Waals surface area contributed by atoms with Gasteiger partial charge in [-0.2, -0.15) is 0 Å². The summed E-state index contributed by atoms with van der Waals surface area (Å²) >= 11 is 0. The van der Waals surface area contributed by atoms with E-state index in [-0.39, 0.29) is 6.04 Å². The second-order valence-electron chi connectivity index (χ2n) is 5.28. The van der Waals surface area contributed by atoms with E-state index >= 15 is 0 Å². The van der Waals surface area contributed by atoms with Crippen molar-refractivity contribution in [1.82, 2.24) is 10.4 Å². The summed E-state index contributed by atoms with van der Waals surface area (Å²) in [7, 11) is 0. The molecule has 20 heavy (non-hydrogen) atoms. The molecule has 4 heteroatoms. The lowest BCUT2D eigenvalue weighted by molar-refractivity contribution is 0.522. The highest BCUT2D eigenvalue weighted by molar-refractivity contribution is 5.33. The first-order valence-corrected chi connectivity index (χ1v) is 6.81. The first-order chi connectivity index (χ1) is 9.58. The summed E-state index contributed by atoms with van der Waals surface area (Å²) in [6.45, 7) is 4.25. The fraction of sp³-hybridized carbons (Fsp3) is 0.312. The Bertz CT molecular complexity index is 580. The molecule has 0 saturated carbocycles. The monoisotopic (exact) mass is 270 g/mol. The van der Waals surface area contributed by atoms with Crippen LogP contribution in [0.1, 0.15) is 22.3 Å². The molecule has 0 amide bonds. The summed E-state index contributed by atoms with van der Waals surface area (Å²) in [5.41, 5.74) is 13.7. The standard InChI is InChI=1S/C16H22N4/c1-11-3-4-13(7-12(11)2)8-15(20-18)9-14-5-6-19-16(17)10-14/h3-7,10,15,20H,8-9,18H2,1-2H3,(H2,17,19). The normalized spacial score (nSPS) is 12.3. The minimum atomic E-state index is 0.180. The number of nitrogens with two attached hydrogens (primary N) is 2. The van der Waals surface area contributed by atoms with E-state index in [4.69, 9.17) is 11.6 Å². The van der Waals surface area contributed by atoms with Crippen LogP contribution in [0.3, 0.4) is 0 Å². The van der Waals surface area contributed by atoms with Crippen molar-refractivity contribution in [1.29, 1.82) is 0 Å². The number of aromatic nitrogens is 1. The molecule has 0 fully saturated rings. The molecule has 0 aliphatic heterocycles. The molecule has 0 saturated heterocycles. The van der Waals surface area contributed by atoms with Crippen LogP contribution in [0, 0.1) is 13.8 Å². The third-order valence-corrected chi connectivity index (χ3v) is 3.62. The average Bonchev–Trinajstić information content (AvgIpc) is 2.42. The molecule has 4 nitrogen and oxygen atoms in total. The van der Waals surface area contributed by atoms with E-state index in [9.17, 15) is 0 Å². The van der Waals surface area contributed by atoms with Gasteiger partial charge in [0.25, 0.3) is 0 Å². The van der Waals surface area contributed by atoms with Crippen LogP contribution in [0.4, 0.5) is 5.82 Å². The number of hydrogen-bond donors (Lipinski definition) is 3. The van der Waals surface area contributed by atoms with Crippen LogP contribution < -0.4 is 17.0 Å². The van der Waals surface area contributed by atoms with Crippen molar-refractivity contribution >= 4 is 5.82 Å². The zero-order valence-electron chi connectivity index (χ0n) is 12.1.